The van der Waals surface area contributed by atoms with E-state index >= 15 is 0 Å². The Morgan fingerprint density at radius 3 is 2.67 bits per heavy atom. The summed E-state index contributed by atoms with van der Waals surface area (Å²) in [5.74, 6) is 0.317. The summed E-state index contributed by atoms with van der Waals surface area (Å²) in [6.45, 7) is 3.53. The molecule has 1 rings (SSSR count). The van der Waals surface area contributed by atoms with Crippen LogP contribution in [0.25, 0.3) is 0 Å². The van der Waals surface area contributed by atoms with Gasteiger partial charge in [0.25, 0.3) is 5.91 Å². The predicted octanol–water partition coefficient (Wildman–Crippen LogP) is 1.17. The van der Waals surface area contributed by atoms with Crippen molar-refractivity contribution in [2.75, 3.05) is 12.8 Å². The second-order valence-corrected chi connectivity index (χ2v) is 4.45. The Morgan fingerprint density at radius 1 is 1.44 bits per heavy atom. The molecule has 0 aliphatic heterocycles. The Kier molecular flexibility index (Phi) is 4.97. The van der Waals surface area contributed by atoms with Gasteiger partial charge in [-0.3, -0.25) is 4.79 Å². The minimum Gasteiger partial charge on any atom is -0.497 e. The second kappa shape index (κ2) is 6.26. The Balaban J connectivity index is 2.74. The number of methoxy groups -OCH3 is 1. The summed E-state index contributed by atoms with van der Waals surface area (Å²) in [4.78, 5) is 12.0. The van der Waals surface area contributed by atoms with E-state index in [4.69, 9.17) is 10.5 Å². The Morgan fingerprint density at radius 2 is 2.11 bits per heavy atom. The lowest BCUT2D eigenvalue weighted by atomic mass is 10.1. The maximum atomic E-state index is 12.0. The predicted molar refractivity (Wildman–Crippen MR) is 70.6 cm³/mol. The van der Waals surface area contributed by atoms with Gasteiger partial charge in [0, 0.05) is 23.4 Å². The average molecular weight is 252 g/mol. The molecule has 5 heteroatoms. The van der Waals surface area contributed by atoms with Crippen molar-refractivity contribution in [2.24, 2.45) is 0 Å². The first-order chi connectivity index (χ1) is 8.42. The summed E-state index contributed by atoms with van der Waals surface area (Å²) in [7, 11) is 1.52. The summed E-state index contributed by atoms with van der Waals surface area (Å²) in [5, 5.41) is 12.0. The summed E-state index contributed by atoms with van der Waals surface area (Å²) < 4.78 is 5.06. The summed E-state index contributed by atoms with van der Waals surface area (Å²) in [6, 6.07) is 4.76. The molecule has 1 aromatic rings. The minimum atomic E-state index is -0.448. The molecule has 2 atom stereocenters. The third-order valence-electron chi connectivity index (χ3n) is 2.50. The normalized spacial score (nSPS) is 13.8. The molecule has 0 bridgehead atoms. The molecule has 0 fully saturated rings. The highest BCUT2D eigenvalue weighted by molar-refractivity contribution is 5.95. The van der Waals surface area contributed by atoms with Crippen molar-refractivity contribution in [3.05, 3.63) is 23.8 Å². The molecular weight excluding hydrogens is 232 g/mol. The van der Waals surface area contributed by atoms with E-state index in [2.05, 4.69) is 5.32 Å². The van der Waals surface area contributed by atoms with E-state index in [0.717, 1.165) is 0 Å². The molecular formula is C13H20N2O3. The molecule has 0 radical (unpaired) electrons. The fraction of sp³-hybridized carbons (Fsp3) is 0.462. The number of aliphatic hydroxyl groups is 1. The Bertz CT molecular complexity index is 419. The van der Waals surface area contributed by atoms with Gasteiger partial charge in [0.1, 0.15) is 5.75 Å². The van der Waals surface area contributed by atoms with Crippen molar-refractivity contribution in [1.29, 1.82) is 0 Å². The first-order valence-corrected chi connectivity index (χ1v) is 5.86. The smallest absolute Gasteiger partial charge is 0.251 e. The van der Waals surface area contributed by atoms with Crippen molar-refractivity contribution >= 4 is 11.6 Å². The number of carbonyl (C=O) groups is 1. The van der Waals surface area contributed by atoms with Gasteiger partial charge in [-0.2, -0.15) is 0 Å². The molecule has 0 spiro atoms. The fourth-order valence-corrected chi connectivity index (χ4v) is 1.75. The van der Waals surface area contributed by atoms with Gasteiger partial charge in [0.2, 0.25) is 0 Å². The Hall–Kier alpha value is -1.75. The lowest BCUT2D eigenvalue weighted by molar-refractivity contribution is 0.0922. The van der Waals surface area contributed by atoms with E-state index in [1.54, 1.807) is 25.1 Å². The fourth-order valence-electron chi connectivity index (χ4n) is 1.75. The van der Waals surface area contributed by atoms with Crippen LogP contribution in [0.4, 0.5) is 5.69 Å². The van der Waals surface area contributed by atoms with Crippen molar-refractivity contribution in [3.8, 4) is 5.75 Å². The number of carbonyl (C=O) groups excluding carboxylic acids is 1. The monoisotopic (exact) mass is 252 g/mol. The van der Waals surface area contributed by atoms with Crippen LogP contribution in [0.2, 0.25) is 0 Å². The third kappa shape index (κ3) is 4.25. The summed E-state index contributed by atoms with van der Waals surface area (Å²) in [5.41, 5.74) is 6.61. The number of hydrogen-bond acceptors (Lipinski definition) is 4. The number of benzene rings is 1. The van der Waals surface area contributed by atoms with Crippen molar-refractivity contribution in [3.63, 3.8) is 0 Å². The summed E-state index contributed by atoms with van der Waals surface area (Å²) in [6.07, 6.45) is 0.0567. The largest absolute Gasteiger partial charge is 0.497 e. The van der Waals surface area contributed by atoms with Crippen LogP contribution >= 0.6 is 0 Å². The lowest BCUT2D eigenvalue weighted by Gasteiger charge is -2.16. The standard InChI is InChI=1S/C13H20N2O3/c1-8(4-9(2)16)15-13(17)10-5-11(14)7-12(6-10)18-3/h5-9,16H,4,14H2,1-3H3,(H,15,17). The molecule has 4 N–H and O–H groups in total. The molecule has 0 aliphatic rings. The molecule has 0 aromatic heterocycles. The van der Waals surface area contributed by atoms with E-state index in [9.17, 15) is 9.90 Å². The van der Waals surface area contributed by atoms with Crippen LogP contribution in [0, 0.1) is 0 Å². The van der Waals surface area contributed by atoms with Crippen LogP contribution in [-0.2, 0) is 0 Å². The number of hydrogen-bond donors (Lipinski definition) is 3. The molecule has 1 aromatic carbocycles. The van der Waals surface area contributed by atoms with Crippen molar-refractivity contribution in [1.82, 2.24) is 5.32 Å². The zero-order valence-electron chi connectivity index (χ0n) is 10.9. The van der Waals surface area contributed by atoms with Gasteiger partial charge in [-0.05, 0) is 32.4 Å². The summed E-state index contributed by atoms with van der Waals surface area (Å²) >= 11 is 0. The highest BCUT2D eigenvalue weighted by atomic mass is 16.5. The maximum Gasteiger partial charge on any atom is 0.251 e. The van der Waals surface area contributed by atoms with Crippen LogP contribution in [0.3, 0.4) is 0 Å². The van der Waals surface area contributed by atoms with Crippen LogP contribution in [0.1, 0.15) is 30.6 Å². The highest BCUT2D eigenvalue weighted by Gasteiger charge is 2.13. The van der Waals surface area contributed by atoms with Gasteiger partial charge < -0.3 is 20.9 Å². The second-order valence-electron chi connectivity index (χ2n) is 4.45. The molecule has 18 heavy (non-hydrogen) atoms. The van der Waals surface area contributed by atoms with Gasteiger partial charge in [-0.1, -0.05) is 0 Å². The van der Waals surface area contributed by atoms with Crippen LogP contribution < -0.4 is 15.8 Å². The first-order valence-electron chi connectivity index (χ1n) is 5.86. The number of nitrogens with one attached hydrogen (secondary N) is 1. The van der Waals surface area contributed by atoms with E-state index in [-0.39, 0.29) is 11.9 Å². The van der Waals surface area contributed by atoms with E-state index in [1.165, 1.54) is 7.11 Å². The number of nitrogens with two attached hydrogens (primary N) is 1. The maximum absolute atomic E-state index is 12.0. The zero-order chi connectivity index (χ0) is 13.7. The zero-order valence-corrected chi connectivity index (χ0v) is 10.9. The SMILES string of the molecule is COc1cc(N)cc(C(=O)NC(C)CC(C)O)c1. The van der Waals surface area contributed by atoms with Crippen LogP contribution in [-0.4, -0.2) is 30.3 Å². The van der Waals surface area contributed by atoms with Gasteiger partial charge >= 0.3 is 0 Å². The topological polar surface area (TPSA) is 84.6 Å². The number of ether oxygens (including phenoxy) is 1. The van der Waals surface area contributed by atoms with Gasteiger partial charge in [-0.15, -0.1) is 0 Å². The van der Waals surface area contributed by atoms with E-state index in [0.29, 0.717) is 23.4 Å². The molecule has 0 heterocycles. The lowest BCUT2D eigenvalue weighted by Crippen LogP contribution is -2.34. The van der Waals surface area contributed by atoms with Gasteiger partial charge in [0.15, 0.2) is 0 Å². The van der Waals surface area contributed by atoms with Crippen molar-refractivity contribution < 1.29 is 14.6 Å². The van der Waals surface area contributed by atoms with E-state index < -0.39 is 6.10 Å². The third-order valence-corrected chi connectivity index (χ3v) is 2.50. The molecule has 1 amide bonds. The van der Waals surface area contributed by atoms with Crippen molar-refractivity contribution in [2.45, 2.75) is 32.4 Å². The Labute approximate surface area is 107 Å². The molecule has 100 valence electrons. The van der Waals surface area contributed by atoms with Gasteiger partial charge in [0.05, 0.1) is 13.2 Å². The van der Waals surface area contributed by atoms with Gasteiger partial charge in [-0.25, -0.2) is 0 Å². The molecule has 0 saturated carbocycles. The molecule has 5 nitrogen and oxygen atoms in total. The molecule has 0 saturated heterocycles. The van der Waals surface area contributed by atoms with Crippen LogP contribution in [0.5, 0.6) is 5.75 Å². The van der Waals surface area contributed by atoms with E-state index in [1.807, 2.05) is 6.92 Å². The van der Waals surface area contributed by atoms with Crippen LogP contribution in [0.15, 0.2) is 18.2 Å². The minimum absolute atomic E-state index is 0.107. The highest BCUT2D eigenvalue weighted by Crippen LogP contribution is 2.18. The first kappa shape index (κ1) is 14.3. The number of anilines is 1. The molecule has 2 unspecified atom stereocenters. The number of aliphatic hydroxyl groups excluding tert-OH is 1. The average Bonchev–Trinajstić information content (AvgIpc) is 2.26. The number of amides is 1. The molecule has 0 aliphatic carbocycles. The number of rotatable bonds is 5. The quantitative estimate of drug-likeness (QED) is 0.687. The number of nitrogen functional groups attached to an aromatic ring is 1.